The van der Waals surface area contributed by atoms with Crippen LogP contribution in [0, 0.1) is 0 Å². The Bertz CT molecular complexity index is 571. The highest BCUT2D eigenvalue weighted by Gasteiger charge is 2.41. The van der Waals surface area contributed by atoms with Crippen LogP contribution in [0.5, 0.6) is 5.88 Å². The zero-order valence-electron chi connectivity index (χ0n) is 13.3. The molecule has 2 fully saturated rings. The van der Waals surface area contributed by atoms with Crippen molar-refractivity contribution in [3.05, 3.63) is 23.9 Å². The summed E-state index contributed by atoms with van der Waals surface area (Å²) < 4.78 is 34.4. The maximum atomic E-state index is 12.2. The highest BCUT2D eigenvalue weighted by atomic mass is 19.3. The van der Waals surface area contributed by atoms with Crippen molar-refractivity contribution in [2.45, 2.75) is 56.9 Å². The molecule has 3 rings (SSSR count). The van der Waals surface area contributed by atoms with E-state index in [1.165, 1.54) is 18.7 Å². The first-order valence-electron chi connectivity index (χ1n) is 8.13. The predicted molar refractivity (Wildman–Crippen MR) is 81.8 cm³/mol. The minimum Gasteiger partial charge on any atom is -0.417 e. The highest BCUT2D eigenvalue weighted by Crippen LogP contribution is 2.42. The number of nitrogens with one attached hydrogen (secondary N) is 2. The molecule has 1 saturated heterocycles. The van der Waals surface area contributed by atoms with Gasteiger partial charge in [0, 0.05) is 18.8 Å². The number of rotatable bonds is 5. The average molecular weight is 341 g/mol. The molecule has 1 aliphatic heterocycles. The van der Waals surface area contributed by atoms with Crippen LogP contribution in [0.15, 0.2) is 18.3 Å². The molecule has 0 radical (unpaired) electrons. The summed E-state index contributed by atoms with van der Waals surface area (Å²) in [5.41, 5.74) is 0.705. The average Bonchev–Trinajstić information content (AvgIpc) is 2.52. The zero-order valence-corrected chi connectivity index (χ0v) is 13.3. The van der Waals surface area contributed by atoms with Crippen LogP contribution < -0.4 is 15.4 Å². The summed E-state index contributed by atoms with van der Waals surface area (Å²) in [7, 11) is 0. The van der Waals surface area contributed by atoms with Gasteiger partial charge in [-0.2, -0.15) is 8.78 Å². The molecule has 1 saturated carbocycles. The predicted octanol–water partition coefficient (Wildman–Crippen LogP) is 2.58. The normalized spacial score (nSPS) is 22.0. The Hall–Kier alpha value is -1.96. The molecule has 2 amide bonds. The standard InChI is InChI=1S/C16H21F2N3O3/c17-14(18)24-13-8-11(3-7-19-13)9-20-15(22)21-12-2-6-16(23-10-12)4-1-5-16/h3,7-8,12,14H,1-2,4-6,9-10H2,(H2,20,21,22)/t12-/m0/s1. The van der Waals surface area contributed by atoms with E-state index in [9.17, 15) is 13.6 Å². The van der Waals surface area contributed by atoms with Crippen molar-refractivity contribution in [1.29, 1.82) is 0 Å². The molecule has 2 aliphatic rings. The Morgan fingerprint density at radius 2 is 2.29 bits per heavy atom. The maximum Gasteiger partial charge on any atom is 0.388 e. The fraction of sp³-hybridized carbons (Fsp3) is 0.625. The van der Waals surface area contributed by atoms with E-state index in [1.807, 2.05) is 0 Å². The van der Waals surface area contributed by atoms with Gasteiger partial charge in [0.15, 0.2) is 0 Å². The lowest BCUT2D eigenvalue weighted by atomic mass is 9.75. The van der Waals surface area contributed by atoms with Crippen molar-refractivity contribution < 1.29 is 23.0 Å². The van der Waals surface area contributed by atoms with Crippen LogP contribution in [-0.4, -0.2) is 35.9 Å². The smallest absolute Gasteiger partial charge is 0.388 e. The van der Waals surface area contributed by atoms with Gasteiger partial charge in [-0.05, 0) is 43.7 Å². The molecule has 1 aromatic heterocycles. The number of amides is 2. The fourth-order valence-corrected chi connectivity index (χ4v) is 3.08. The summed E-state index contributed by atoms with van der Waals surface area (Å²) in [5.74, 6) is -0.170. The summed E-state index contributed by atoms with van der Waals surface area (Å²) >= 11 is 0. The summed E-state index contributed by atoms with van der Waals surface area (Å²) in [5, 5.41) is 5.58. The highest BCUT2D eigenvalue weighted by molar-refractivity contribution is 5.74. The number of alkyl halides is 2. The molecular weight excluding hydrogens is 320 g/mol. The van der Waals surface area contributed by atoms with E-state index in [1.54, 1.807) is 6.07 Å². The summed E-state index contributed by atoms with van der Waals surface area (Å²) in [4.78, 5) is 15.6. The van der Waals surface area contributed by atoms with Crippen molar-refractivity contribution in [3.63, 3.8) is 0 Å². The molecule has 8 heteroatoms. The van der Waals surface area contributed by atoms with Gasteiger partial charge in [0.2, 0.25) is 5.88 Å². The third-order valence-corrected chi connectivity index (χ3v) is 4.60. The maximum absolute atomic E-state index is 12.2. The Labute approximate surface area is 138 Å². The van der Waals surface area contributed by atoms with Crippen molar-refractivity contribution in [2.75, 3.05) is 6.61 Å². The van der Waals surface area contributed by atoms with E-state index in [4.69, 9.17) is 4.74 Å². The van der Waals surface area contributed by atoms with Gasteiger partial charge >= 0.3 is 12.6 Å². The molecule has 2 N–H and O–H groups in total. The molecule has 24 heavy (non-hydrogen) atoms. The van der Waals surface area contributed by atoms with Crippen LogP contribution in [0.3, 0.4) is 0 Å². The Balaban J connectivity index is 1.41. The van der Waals surface area contributed by atoms with Crippen molar-refractivity contribution in [3.8, 4) is 5.88 Å². The number of pyridine rings is 1. The molecule has 1 spiro atoms. The van der Waals surface area contributed by atoms with Gasteiger partial charge in [-0.3, -0.25) is 0 Å². The second-order valence-electron chi connectivity index (χ2n) is 6.29. The number of aromatic nitrogens is 1. The minimum absolute atomic E-state index is 0.00592. The molecule has 1 aliphatic carbocycles. The van der Waals surface area contributed by atoms with E-state index >= 15 is 0 Å². The lowest BCUT2D eigenvalue weighted by Gasteiger charge is -2.46. The Kier molecular flexibility index (Phi) is 5.13. The molecule has 0 unspecified atom stereocenters. The number of urea groups is 1. The lowest BCUT2D eigenvalue weighted by molar-refractivity contribution is -0.135. The second-order valence-corrected chi connectivity index (χ2v) is 6.29. The van der Waals surface area contributed by atoms with Crippen molar-refractivity contribution in [2.24, 2.45) is 0 Å². The van der Waals surface area contributed by atoms with E-state index in [-0.39, 0.29) is 30.1 Å². The molecule has 6 nitrogen and oxygen atoms in total. The Morgan fingerprint density at radius 3 is 2.92 bits per heavy atom. The number of hydrogen-bond acceptors (Lipinski definition) is 4. The lowest BCUT2D eigenvalue weighted by Crippen LogP contribution is -2.52. The third kappa shape index (κ3) is 4.31. The van der Waals surface area contributed by atoms with Gasteiger partial charge in [0.25, 0.3) is 0 Å². The second kappa shape index (κ2) is 7.29. The molecular formula is C16H21F2N3O3. The first-order valence-corrected chi connectivity index (χ1v) is 8.13. The largest absolute Gasteiger partial charge is 0.417 e. The summed E-state index contributed by atoms with van der Waals surface area (Å²) in [6.07, 6.45) is 6.72. The molecule has 0 aromatic carbocycles. The van der Waals surface area contributed by atoms with Crippen LogP contribution in [-0.2, 0) is 11.3 Å². The van der Waals surface area contributed by atoms with Crippen molar-refractivity contribution >= 4 is 6.03 Å². The molecule has 1 aromatic rings. The molecule has 0 bridgehead atoms. The van der Waals surface area contributed by atoms with Gasteiger partial charge in [0.1, 0.15) is 0 Å². The third-order valence-electron chi connectivity index (χ3n) is 4.60. The van der Waals surface area contributed by atoms with E-state index in [0.29, 0.717) is 12.2 Å². The number of carbonyl (C=O) groups excluding carboxylic acids is 1. The van der Waals surface area contributed by atoms with E-state index in [2.05, 4.69) is 20.4 Å². The van der Waals surface area contributed by atoms with Crippen LogP contribution >= 0.6 is 0 Å². The number of ether oxygens (including phenoxy) is 2. The number of nitrogens with zero attached hydrogens (tertiary/aromatic N) is 1. The first-order chi connectivity index (χ1) is 11.5. The van der Waals surface area contributed by atoms with Crippen LogP contribution in [0.4, 0.5) is 13.6 Å². The minimum atomic E-state index is -2.92. The van der Waals surface area contributed by atoms with Crippen molar-refractivity contribution in [1.82, 2.24) is 15.6 Å². The van der Waals surface area contributed by atoms with E-state index in [0.717, 1.165) is 25.7 Å². The SMILES string of the molecule is O=C(NCc1ccnc(OC(F)F)c1)N[C@H]1CCC2(CCC2)OC1. The van der Waals surface area contributed by atoms with Crippen LogP contribution in [0.2, 0.25) is 0 Å². The summed E-state index contributed by atoms with van der Waals surface area (Å²) in [6, 6.07) is 2.70. The molecule has 1 atom stereocenters. The quantitative estimate of drug-likeness (QED) is 0.863. The van der Waals surface area contributed by atoms with Gasteiger partial charge in [0.05, 0.1) is 18.2 Å². The van der Waals surface area contributed by atoms with Gasteiger partial charge in [-0.1, -0.05) is 0 Å². The number of halogens is 2. The van der Waals surface area contributed by atoms with Gasteiger partial charge in [-0.25, -0.2) is 9.78 Å². The van der Waals surface area contributed by atoms with Crippen LogP contribution in [0.25, 0.3) is 0 Å². The molecule has 132 valence electrons. The zero-order chi connectivity index (χ0) is 17.0. The monoisotopic (exact) mass is 341 g/mol. The number of carbonyl (C=O) groups is 1. The fourth-order valence-electron chi connectivity index (χ4n) is 3.08. The Morgan fingerprint density at radius 1 is 1.46 bits per heavy atom. The molecule has 2 heterocycles. The van der Waals surface area contributed by atoms with E-state index < -0.39 is 6.61 Å². The van der Waals surface area contributed by atoms with Gasteiger partial charge < -0.3 is 20.1 Å². The summed E-state index contributed by atoms with van der Waals surface area (Å²) in [6.45, 7) is -2.19. The van der Waals surface area contributed by atoms with Gasteiger partial charge in [-0.15, -0.1) is 0 Å². The topological polar surface area (TPSA) is 72.5 Å². The first kappa shape index (κ1) is 16.9. The van der Waals surface area contributed by atoms with Crippen LogP contribution in [0.1, 0.15) is 37.7 Å². The number of hydrogen-bond donors (Lipinski definition) is 2.